The molecule has 0 aliphatic rings. The van der Waals surface area contributed by atoms with Crippen molar-refractivity contribution in [1.29, 1.82) is 5.26 Å². The number of anilines is 2. The van der Waals surface area contributed by atoms with Crippen LogP contribution in [-0.2, 0) is 17.9 Å². The van der Waals surface area contributed by atoms with Crippen LogP contribution in [0.3, 0.4) is 0 Å². The molecule has 1 atom stereocenters. The molecule has 0 aliphatic heterocycles. The van der Waals surface area contributed by atoms with E-state index in [2.05, 4.69) is 33.4 Å². The maximum absolute atomic E-state index is 10.7. The number of carboxylic acids is 1. The standard InChI is InChI=1S/C17H19N7O2/c1-2-12(3-5-18)9-23-6-4-13-7-19-17(22-16(13)23)21-14-8-20-24(10-14)11-15(25)26/h4,6-8,10,12H,2-3,9,11H2,1H3,(H,25,26)(H,19,21,22). The highest BCUT2D eigenvalue weighted by molar-refractivity contribution is 5.76. The van der Waals surface area contributed by atoms with E-state index < -0.39 is 5.97 Å². The largest absolute Gasteiger partial charge is 0.480 e. The number of aliphatic carboxylic acids is 1. The molecule has 9 nitrogen and oxygen atoms in total. The number of nitrogens with zero attached hydrogens (tertiary/aromatic N) is 6. The van der Waals surface area contributed by atoms with Crippen LogP contribution < -0.4 is 5.32 Å². The maximum atomic E-state index is 10.7. The first kappa shape index (κ1) is 17.4. The summed E-state index contributed by atoms with van der Waals surface area (Å²) in [5.41, 5.74) is 1.40. The van der Waals surface area contributed by atoms with Gasteiger partial charge < -0.3 is 15.0 Å². The van der Waals surface area contributed by atoms with Crippen LogP contribution in [0.4, 0.5) is 11.6 Å². The van der Waals surface area contributed by atoms with Gasteiger partial charge in [0.2, 0.25) is 5.95 Å². The summed E-state index contributed by atoms with van der Waals surface area (Å²) in [6.45, 7) is 2.59. The topological polar surface area (TPSA) is 122 Å². The molecule has 0 amide bonds. The minimum Gasteiger partial charge on any atom is -0.480 e. The van der Waals surface area contributed by atoms with Crippen molar-refractivity contribution in [2.75, 3.05) is 5.32 Å². The molecule has 0 fully saturated rings. The van der Waals surface area contributed by atoms with Crippen molar-refractivity contribution in [1.82, 2.24) is 24.3 Å². The molecule has 1 unspecified atom stereocenters. The molecule has 3 aromatic heterocycles. The Bertz CT molecular complexity index is 954. The fourth-order valence-electron chi connectivity index (χ4n) is 2.71. The molecular weight excluding hydrogens is 334 g/mol. The fourth-order valence-corrected chi connectivity index (χ4v) is 2.71. The molecule has 0 spiro atoms. The lowest BCUT2D eigenvalue weighted by atomic mass is 10.0. The smallest absolute Gasteiger partial charge is 0.325 e. The molecule has 0 radical (unpaired) electrons. The first-order valence-corrected chi connectivity index (χ1v) is 8.29. The number of hydrogen-bond donors (Lipinski definition) is 2. The van der Waals surface area contributed by atoms with E-state index in [0.29, 0.717) is 18.1 Å². The maximum Gasteiger partial charge on any atom is 0.325 e. The van der Waals surface area contributed by atoms with Crippen LogP contribution >= 0.6 is 0 Å². The molecule has 0 bridgehead atoms. The van der Waals surface area contributed by atoms with Crippen LogP contribution in [-0.4, -0.2) is 35.4 Å². The summed E-state index contributed by atoms with van der Waals surface area (Å²) >= 11 is 0. The average Bonchev–Trinajstić information content (AvgIpc) is 3.21. The molecule has 134 valence electrons. The number of fused-ring (bicyclic) bond motifs is 1. The first-order chi connectivity index (χ1) is 12.6. The second-order valence-corrected chi connectivity index (χ2v) is 6.02. The summed E-state index contributed by atoms with van der Waals surface area (Å²) in [6.07, 6.45) is 8.22. The number of nitrogens with one attached hydrogen (secondary N) is 1. The second kappa shape index (κ2) is 7.65. The van der Waals surface area contributed by atoms with Crippen LogP contribution in [0.5, 0.6) is 0 Å². The monoisotopic (exact) mass is 353 g/mol. The van der Waals surface area contributed by atoms with Gasteiger partial charge in [-0.3, -0.25) is 9.48 Å². The predicted octanol–water partition coefficient (Wildman–Crippen LogP) is 2.40. The van der Waals surface area contributed by atoms with E-state index in [1.807, 2.05) is 16.8 Å². The SMILES string of the molecule is CCC(CC#N)Cn1ccc2cnc(Nc3cnn(CC(=O)O)c3)nc21. The van der Waals surface area contributed by atoms with Gasteiger partial charge >= 0.3 is 5.97 Å². The van der Waals surface area contributed by atoms with Crippen LogP contribution in [0.1, 0.15) is 19.8 Å². The van der Waals surface area contributed by atoms with Gasteiger partial charge in [0.05, 0.1) is 18.0 Å². The summed E-state index contributed by atoms with van der Waals surface area (Å²) in [5.74, 6) is -0.283. The summed E-state index contributed by atoms with van der Waals surface area (Å²) in [4.78, 5) is 19.6. The highest BCUT2D eigenvalue weighted by Crippen LogP contribution is 2.20. The van der Waals surface area contributed by atoms with Gasteiger partial charge in [0.25, 0.3) is 0 Å². The fraction of sp³-hybridized carbons (Fsp3) is 0.353. The molecule has 26 heavy (non-hydrogen) atoms. The van der Waals surface area contributed by atoms with E-state index >= 15 is 0 Å². The Labute approximate surface area is 149 Å². The van der Waals surface area contributed by atoms with Crippen molar-refractivity contribution >= 4 is 28.6 Å². The predicted molar refractivity (Wildman–Crippen MR) is 94.7 cm³/mol. The zero-order valence-electron chi connectivity index (χ0n) is 14.3. The molecule has 3 aromatic rings. The third kappa shape index (κ3) is 3.97. The summed E-state index contributed by atoms with van der Waals surface area (Å²) in [7, 11) is 0. The minimum absolute atomic E-state index is 0.207. The molecule has 2 N–H and O–H groups in total. The second-order valence-electron chi connectivity index (χ2n) is 6.02. The molecule has 0 saturated carbocycles. The molecule has 3 rings (SSSR count). The zero-order valence-corrected chi connectivity index (χ0v) is 14.3. The van der Waals surface area contributed by atoms with Crippen molar-refractivity contribution in [2.24, 2.45) is 5.92 Å². The van der Waals surface area contributed by atoms with Gasteiger partial charge in [-0.15, -0.1) is 0 Å². The Morgan fingerprint density at radius 3 is 3.04 bits per heavy atom. The Hall–Kier alpha value is -3.41. The van der Waals surface area contributed by atoms with Crippen molar-refractivity contribution in [3.05, 3.63) is 30.9 Å². The number of aromatic nitrogens is 5. The van der Waals surface area contributed by atoms with Crippen molar-refractivity contribution in [3.63, 3.8) is 0 Å². The van der Waals surface area contributed by atoms with Gasteiger partial charge in [-0.1, -0.05) is 13.3 Å². The van der Waals surface area contributed by atoms with Crippen LogP contribution in [0.2, 0.25) is 0 Å². The lowest BCUT2D eigenvalue weighted by Crippen LogP contribution is -2.09. The van der Waals surface area contributed by atoms with E-state index in [1.165, 1.54) is 10.9 Å². The lowest BCUT2D eigenvalue weighted by molar-refractivity contribution is -0.137. The van der Waals surface area contributed by atoms with Gasteiger partial charge in [0.15, 0.2) is 0 Å². The quantitative estimate of drug-likeness (QED) is 0.637. The van der Waals surface area contributed by atoms with Crippen molar-refractivity contribution < 1.29 is 9.90 Å². The van der Waals surface area contributed by atoms with E-state index in [0.717, 1.165) is 24.0 Å². The summed E-state index contributed by atoms with van der Waals surface area (Å²) in [5, 5.41) is 25.7. The van der Waals surface area contributed by atoms with Gasteiger partial charge in [-0.25, -0.2) is 4.98 Å². The number of rotatable bonds is 8. The Balaban J connectivity index is 1.80. The van der Waals surface area contributed by atoms with Crippen LogP contribution in [0.15, 0.2) is 30.9 Å². The molecule has 9 heteroatoms. The zero-order chi connectivity index (χ0) is 18.5. The van der Waals surface area contributed by atoms with Crippen molar-refractivity contribution in [3.8, 4) is 6.07 Å². The summed E-state index contributed by atoms with van der Waals surface area (Å²) < 4.78 is 3.35. The highest BCUT2D eigenvalue weighted by Gasteiger charge is 2.11. The van der Waals surface area contributed by atoms with Gasteiger partial charge in [-0.05, 0) is 12.0 Å². The third-order valence-corrected chi connectivity index (χ3v) is 4.10. The Morgan fingerprint density at radius 1 is 1.46 bits per heavy atom. The van der Waals surface area contributed by atoms with Gasteiger partial charge in [-0.2, -0.15) is 15.3 Å². The Kier molecular flexibility index (Phi) is 5.12. The molecule has 0 aliphatic carbocycles. The number of carboxylic acid groups (broad SMARTS) is 1. The van der Waals surface area contributed by atoms with Gasteiger partial charge in [0.1, 0.15) is 12.2 Å². The van der Waals surface area contributed by atoms with Gasteiger partial charge in [0, 0.05) is 36.9 Å². The minimum atomic E-state index is -0.960. The van der Waals surface area contributed by atoms with E-state index in [1.54, 1.807) is 12.4 Å². The Morgan fingerprint density at radius 2 is 2.31 bits per heavy atom. The number of carbonyl (C=O) groups is 1. The van der Waals surface area contributed by atoms with Crippen LogP contribution in [0, 0.1) is 17.2 Å². The van der Waals surface area contributed by atoms with E-state index in [9.17, 15) is 4.79 Å². The van der Waals surface area contributed by atoms with E-state index in [-0.39, 0.29) is 12.5 Å². The summed E-state index contributed by atoms with van der Waals surface area (Å²) in [6, 6.07) is 4.18. The normalized spacial score (nSPS) is 12.0. The first-order valence-electron chi connectivity index (χ1n) is 8.29. The van der Waals surface area contributed by atoms with Crippen molar-refractivity contribution in [2.45, 2.75) is 32.9 Å². The highest BCUT2D eigenvalue weighted by atomic mass is 16.4. The lowest BCUT2D eigenvalue weighted by Gasteiger charge is -2.13. The molecule has 0 saturated heterocycles. The molecule has 3 heterocycles. The van der Waals surface area contributed by atoms with Crippen LogP contribution in [0.25, 0.3) is 11.0 Å². The molecule has 0 aromatic carbocycles. The number of nitriles is 1. The van der Waals surface area contributed by atoms with E-state index in [4.69, 9.17) is 10.4 Å². The average molecular weight is 353 g/mol. The number of hydrogen-bond acceptors (Lipinski definition) is 6. The third-order valence-electron chi connectivity index (χ3n) is 4.10. The molecular formula is C17H19N7O2.